The molecule has 0 spiro atoms. The van der Waals surface area contributed by atoms with Crippen molar-refractivity contribution in [2.24, 2.45) is 5.92 Å². The van der Waals surface area contributed by atoms with Crippen molar-refractivity contribution in [1.82, 2.24) is 14.9 Å². The Hall–Kier alpha value is -2.28. The fourth-order valence-electron chi connectivity index (χ4n) is 4.69. The molecule has 2 saturated heterocycles. The van der Waals surface area contributed by atoms with E-state index in [9.17, 15) is 0 Å². The van der Waals surface area contributed by atoms with Gasteiger partial charge in [0.05, 0.1) is 19.7 Å². The molecule has 2 aliphatic heterocycles. The van der Waals surface area contributed by atoms with Crippen LogP contribution >= 0.6 is 0 Å². The number of unbranched alkanes of at least 4 members (excludes halogenated alkanes) is 2. The molecular formula is C24H37N5O2. The van der Waals surface area contributed by atoms with Gasteiger partial charge in [-0.05, 0) is 63.7 Å². The molecule has 1 aromatic carbocycles. The average molecular weight is 428 g/mol. The number of aromatic nitrogens is 2. The Kier molecular flexibility index (Phi) is 7.33. The Bertz CT molecular complexity index is 869. The standard InChI is InChI=1S/C24H37N5O2/c1-18-9-14-29(17-18)24-26-20-16-22(31-3)21(30-2)15-19(20)23(27-24)25-10-5-4-6-11-28-12-7-8-13-28/h15-16,18H,4-14,17H2,1-3H3,(H,25,26,27)/t18-/m0/s1. The third-order valence-electron chi connectivity index (χ3n) is 6.54. The molecule has 1 atom stereocenters. The molecule has 4 rings (SSSR count). The summed E-state index contributed by atoms with van der Waals surface area (Å²) in [5.41, 5.74) is 0.888. The summed E-state index contributed by atoms with van der Waals surface area (Å²) < 4.78 is 11.0. The topological polar surface area (TPSA) is 62.8 Å². The minimum atomic E-state index is 0.678. The van der Waals surface area contributed by atoms with E-state index in [2.05, 4.69) is 22.0 Å². The Balaban J connectivity index is 1.47. The normalized spacial score (nSPS) is 19.3. The average Bonchev–Trinajstić information content (AvgIpc) is 3.46. The van der Waals surface area contributed by atoms with Crippen molar-refractivity contribution in [2.45, 2.75) is 45.4 Å². The number of anilines is 2. The first-order chi connectivity index (χ1) is 15.2. The van der Waals surface area contributed by atoms with Crippen LogP contribution in [0.4, 0.5) is 11.8 Å². The van der Waals surface area contributed by atoms with Crippen molar-refractivity contribution < 1.29 is 9.47 Å². The van der Waals surface area contributed by atoms with Crippen LogP contribution in [0.15, 0.2) is 12.1 Å². The lowest BCUT2D eigenvalue weighted by Gasteiger charge is -2.19. The zero-order valence-corrected chi connectivity index (χ0v) is 19.3. The maximum atomic E-state index is 5.53. The number of likely N-dealkylation sites (tertiary alicyclic amines) is 1. The smallest absolute Gasteiger partial charge is 0.227 e. The van der Waals surface area contributed by atoms with Crippen LogP contribution < -0.4 is 19.7 Å². The van der Waals surface area contributed by atoms with E-state index in [-0.39, 0.29) is 0 Å². The predicted molar refractivity (Wildman–Crippen MR) is 127 cm³/mol. The van der Waals surface area contributed by atoms with Crippen molar-refractivity contribution in [1.29, 1.82) is 0 Å². The largest absolute Gasteiger partial charge is 0.493 e. The number of nitrogens with zero attached hydrogens (tertiary/aromatic N) is 4. The highest BCUT2D eigenvalue weighted by Gasteiger charge is 2.23. The highest BCUT2D eigenvalue weighted by Crippen LogP contribution is 2.35. The van der Waals surface area contributed by atoms with Crippen LogP contribution in [0.5, 0.6) is 11.5 Å². The lowest BCUT2D eigenvalue weighted by Crippen LogP contribution is -2.22. The highest BCUT2D eigenvalue weighted by molar-refractivity contribution is 5.92. The maximum Gasteiger partial charge on any atom is 0.227 e. The molecule has 0 bridgehead atoms. The summed E-state index contributed by atoms with van der Waals surface area (Å²) in [5, 5.41) is 4.57. The fourth-order valence-corrected chi connectivity index (χ4v) is 4.69. The number of hydrogen-bond acceptors (Lipinski definition) is 7. The zero-order chi connectivity index (χ0) is 21.6. The molecule has 2 aliphatic rings. The lowest BCUT2D eigenvalue weighted by atomic mass is 10.2. The predicted octanol–water partition coefficient (Wildman–Crippen LogP) is 4.17. The van der Waals surface area contributed by atoms with Gasteiger partial charge in [0.15, 0.2) is 11.5 Å². The van der Waals surface area contributed by atoms with Gasteiger partial charge >= 0.3 is 0 Å². The van der Waals surface area contributed by atoms with E-state index in [4.69, 9.17) is 19.4 Å². The van der Waals surface area contributed by atoms with Gasteiger partial charge in [0.25, 0.3) is 0 Å². The van der Waals surface area contributed by atoms with Crippen molar-refractivity contribution in [2.75, 3.05) is 63.7 Å². The first kappa shape index (κ1) is 21.9. The molecule has 2 aromatic rings. The molecule has 31 heavy (non-hydrogen) atoms. The molecule has 170 valence electrons. The molecule has 7 heteroatoms. The van der Waals surface area contributed by atoms with Crippen molar-refractivity contribution in [3.05, 3.63) is 12.1 Å². The van der Waals surface area contributed by atoms with Gasteiger partial charge < -0.3 is 24.6 Å². The fraction of sp³-hybridized carbons (Fsp3) is 0.667. The van der Waals surface area contributed by atoms with Gasteiger partial charge in [-0.1, -0.05) is 13.3 Å². The minimum Gasteiger partial charge on any atom is -0.493 e. The summed E-state index contributed by atoms with van der Waals surface area (Å²) in [4.78, 5) is 14.7. The first-order valence-electron chi connectivity index (χ1n) is 11.8. The second-order valence-corrected chi connectivity index (χ2v) is 8.97. The van der Waals surface area contributed by atoms with Crippen molar-refractivity contribution >= 4 is 22.7 Å². The van der Waals surface area contributed by atoms with Crippen molar-refractivity contribution in [3.8, 4) is 11.5 Å². The Morgan fingerprint density at radius 1 is 1.00 bits per heavy atom. The Morgan fingerprint density at radius 2 is 1.77 bits per heavy atom. The summed E-state index contributed by atoms with van der Waals surface area (Å²) in [6.07, 6.45) is 7.58. The summed E-state index contributed by atoms with van der Waals surface area (Å²) in [5.74, 6) is 3.77. The SMILES string of the molecule is COc1cc2nc(N3CC[C@H](C)C3)nc(NCCCCCN3CCCC3)c2cc1OC. The van der Waals surface area contributed by atoms with E-state index in [0.29, 0.717) is 17.4 Å². The van der Waals surface area contributed by atoms with E-state index in [1.807, 2.05) is 12.1 Å². The number of rotatable bonds is 10. The molecule has 1 aromatic heterocycles. The third kappa shape index (κ3) is 5.32. The van der Waals surface area contributed by atoms with Crippen LogP contribution in [0.25, 0.3) is 10.9 Å². The van der Waals surface area contributed by atoms with Gasteiger partial charge in [-0.2, -0.15) is 4.98 Å². The van der Waals surface area contributed by atoms with Crippen LogP contribution in [0.1, 0.15) is 45.4 Å². The molecule has 0 saturated carbocycles. The zero-order valence-electron chi connectivity index (χ0n) is 19.3. The Labute approximate surface area is 186 Å². The Morgan fingerprint density at radius 3 is 2.48 bits per heavy atom. The van der Waals surface area contributed by atoms with Crippen LogP contribution in [0.3, 0.4) is 0 Å². The molecule has 7 nitrogen and oxygen atoms in total. The summed E-state index contributed by atoms with van der Waals surface area (Å²) in [6, 6.07) is 3.94. The van der Waals surface area contributed by atoms with E-state index in [0.717, 1.165) is 48.7 Å². The first-order valence-corrected chi connectivity index (χ1v) is 11.8. The number of ether oxygens (including phenoxy) is 2. The van der Waals surface area contributed by atoms with Gasteiger partial charge in [0.1, 0.15) is 5.82 Å². The van der Waals surface area contributed by atoms with Gasteiger partial charge in [-0.25, -0.2) is 4.98 Å². The summed E-state index contributed by atoms with van der Waals surface area (Å²) in [7, 11) is 3.33. The maximum absolute atomic E-state index is 5.53. The van der Waals surface area contributed by atoms with E-state index < -0.39 is 0 Å². The van der Waals surface area contributed by atoms with Gasteiger partial charge in [-0.3, -0.25) is 0 Å². The number of methoxy groups -OCH3 is 2. The highest BCUT2D eigenvalue weighted by atomic mass is 16.5. The van der Waals surface area contributed by atoms with Gasteiger partial charge in [0, 0.05) is 31.1 Å². The van der Waals surface area contributed by atoms with Gasteiger partial charge in [-0.15, -0.1) is 0 Å². The second-order valence-electron chi connectivity index (χ2n) is 8.97. The number of hydrogen-bond donors (Lipinski definition) is 1. The second kappa shape index (κ2) is 10.4. The minimum absolute atomic E-state index is 0.678. The van der Waals surface area contributed by atoms with E-state index in [1.165, 1.54) is 51.7 Å². The molecule has 3 heterocycles. The summed E-state index contributed by atoms with van der Waals surface area (Å²) in [6.45, 7) is 9.03. The van der Waals surface area contributed by atoms with E-state index in [1.54, 1.807) is 14.2 Å². The molecule has 1 N–H and O–H groups in total. The third-order valence-corrected chi connectivity index (χ3v) is 6.54. The quantitative estimate of drug-likeness (QED) is 0.571. The van der Waals surface area contributed by atoms with Crippen LogP contribution in [-0.4, -0.2) is 68.4 Å². The van der Waals surface area contributed by atoms with Crippen molar-refractivity contribution in [3.63, 3.8) is 0 Å². The molecule has 0 amide bonds. The van der Waals surface area contributed by atoms with Crippen LogP contribution in [0.2, 0.25) is 0 Å². The van der Waals surface area contributed by atoms with Crippen LogP contribution in [0, 0.1) is 5.92 Å². The number of fused-ring (bicyclic) bond motifs is 1. The van der Waals surface area contributed by atoms with Crippen LogP contribution in [-0.2, 0) is 0 Å². The molecular weight excluding hydrogens is 390 g/mol. The monoisotopic (exact) mass is 427 g/mol. The summed E-state index contributed by atoms with van der Waals surface area (Å²) >= 11 is 0. The number of benzene rings is 1. The molecule has 2 fully saturated rings. The number of nitrogens with one attached hydrogen (secondary N) is 1. The molecule has 0 unspecified atom stereocenters. The van der Waals surface area contributed by atoms with E-state index >= 15 is 0 Å². The lowest BCUT2D eigenvalue weighted by molar-refractivity contribution is 0.329. The van der Waals surface area contributed by atoms with Gasteiger partial charge in [0.2, 0.25) is 5.95 Å². The molecule has 0 radical (unpaired) electrons. The molecule has 0 aliphatic carbocycles.